The van der Waals surface area contributed by atoms with Gasteiger partial charge in [-0.2, -0.15) is 5.10 Å². The van der Waals surface area contributed by atoms with Crippen molar-refractivity contribution in [3.8, 4) is 5.75 Å². The second kappa shape index (κ2) is 11.0. The second-order valence-electron chi connectivity index (χ2n) is 9.69. The number of amides is 2. The minimum absolute atomic E-state index is 0.0740. The quantitative estimate of drug-likeness (QED) is 0.375. The summed E-state index contributed by atoms with van der Waals surface area (Å²) in [5.41, 5.74) is 4.71. The van der Waals surface area contributed by atoms with E-state index in [0.29, 0.717) is 5.75 Å². The molecule has 178 valence electrons. The van der Waals surface area contributed by atoms with Crippen LogP contribution in [0, 0.1) is 5.92 Å². The van der Waals surface area contributed by atoms with Crippen LogP contribution in [0.5, 0.6) is 5.75 Å². The van der Waals surface area contributed by atoms with E-state index in [9.17, 15) is 9.59 Å². The topological polar surface area (TPSA) is 79.8 Å². The lowest BCUT2D eigenvalue weighted by Crippen LogP contribution is -2.49. The van der Waals surface area contributed by atoms with Crippen molar-refractivity contribution < 1.29 is 14.3 Å². The van der Waals surface area contributed by atoms with Gasteiger partial charge in [0, 0.05) is 0 Å². The fourth-order valence-electron chi connectivity index (χ4n) is 3.47. The summed E-state index contributed by atoms with van der Waals surface area (Å²) in [4.78, 5) is 25.1. The Morgan fingerprint density at radius 1 is 0.971 bits per heavy atom. The molecule has 0 saturated carbocycles. The zero-order chi connectivity index (χ0) is 24.7. The molecule has 0 fully saturated rings. The third-order valence-corrected chi connectivity index (χ3v) is 5.52. The van der Waals surface area contributed by atoms with Crippen LogP contribution in [-0.4, -0.2) is 30.7 Å². The average molecular weight is 460 g/mol. The van der Waals surface area contributed by atoms with Crippen molar-refractivity contribution in [1.82, 2.24) is 10.7 Å². The number of nitrogens with zero attached hydrogens (tertiary/aromatic N) is 1. The van der Waals surface area contributed by atoms with Crippen molar-refractivity contribution >= 4 is 28.8 Å². The van der Waals surface area contributed by atoms with Crippen LogP contribution < -0.4 is 15.5 Å². The van der Waals surface area contributed by atoms with Crippen molar-refractivity contribution in [1.29, 1.82) is 0 Å². The molecule has 2 N–H and O–H groups in total. The molecule has 0 aliphatic heterocycles. The van der Waals surface area contributed by atoms with E-state index in [4.69, 9.17) is 4.74 Å². The van der Waals surface area contributed by atoms with E-state index in [1.54, 1.807) is 6.21 Å². The summed E-state index contributed by atoms with van der Waals surface area (Å²) < 4.78 is 5.64. The molecule has 3 aromatic rings. The standard InChI is InChI=1S/C28H33N3O3/c1-19(2)26(27(33)31-29-17-20-10-13-23(14-11-20)28(3,4)5)30-25(32)18-34-24-15-12-21-8-6-7-9-22(21)16-24/h6-17,19,26H,18H2,1-5H3,(H,30,32)(H,31,33)/t26-/m0/s1. The number of hydrogen-bond donors (Lipinski definition) is 2. The highest BCUT2D eigenvalue weighted by Crippen LogP contribution is 2.22. The van der Waals surface area contributed by atoms with E-state index in [1.807, 2.05) is 68.4 Å². The molecule has 0 heterocycles. The number of ether oxygens (including phenoxy) is 1. The number of benzene rings is 3. The monoisotopic (exact) mass is 459 g/mol. The number of nitrogens with one attached hydrogen (secondary N) is 2. The molecular weight excluding hydrogens is 426 g/mol. The molecule has 1 atom stereocenters. The molecule has 34 heavy (non-hydrogen) atoms. The molecule has 3 rings (SSSR count). The Bertz CT molecular complexity index is 1160. The molecule has 0 radical (unpaired) electrons. The zero-order valence-electron chi connectivity index (χ0n) is 20.5. The van der Waals surface area contributed by atoms with Crippen LogP contribution in [0.3, 0.4) is 0 Å². The number of fused-ring (bicyclic) bond motifs is 1. The van der Waals surface area contributed by atoms with Gasteiger partial charge in [-0.3, -0.25) is 9.59 Å². The molecule has 0 aliphatic rings. The van der Waals surface area contributed by atoms with E-state index in [1.165, 1.54) is 5.56 Å². The Morgan fingerprint density at radius 2 is 1.65 bits per heavy atom. The van der Waals surface area contributed by atoms with Gasteiger partial charge in [0.15, 0.2) is 6.61 Å². The van der Waals surface area contributed by atoms with Crippen LogP contribution >= 0.6 is 0 Å². The fraction of sp³-hybridized carbons (Fsp3) is 0.321. The summed E-state index contributed by atoms with van der Waals surface area (Å²) in [5, 5.41) is 8.94. The maximum Gasteiger partial charge on any atom is 0.262 e. The maximum atomic E-state index is 12.6. The molecule has 0 aromatic heterocycles. The summed E-state index contributed by atoms with van der Waals surface area (Å²) >= 11 is 0. The summed E-state index contributed by atoms with van der Waals surface area (Å²) in [6.07, 6.45) is 1.59. The predicted molar refractivity (Wildman–Crippen MR) is 137 cm³/mol. The number of rotatable bonds is 8. The first-order valence-electron chi connectivity index (χ1n) is 11.5. The lowest BCUT2D eigenvalue weighted by molar-refractivity contribution is -0.131. The molecule has 0 bridgehead atoms. The Kier molecular flexibility index (Phi) is 8.05. The van der Waals surface area contributed by atoms with Crippen LogP contribution in [0.25, 0.3) is 10.8 Å². The van der Waals surface area contributed by atoms with E-state index in [2.05, 4.69) is 48.7 Å². The lowest BCUT2D eigenvalue weighted by Gasteiger charge is -2.20. The Labute approximate surface area is 201 Å². The van der Waals surface area contributed by atoms with Gasteiger partial charge in [0.2, 0.25) is 0 Å². The molecule has 0 saturated heterocycles. The van der Waals surface area contributed by atoms with Crippen LogP contribution in [0.15, 0.2) is 71.8 Å². The maximum absolute atomic E-state index is 12.6. The third-order valence-electron chi connectivity index (χ3n) is 5.52. The van der Waals surface area contributed by atoms with Gasteiger partial charge in [-0.15, -0.1) is 0 Å². The summed E-state index contributed by atoms with van der Waals surface area (Å²) in [5.74, 6) is -0.271. The Hall–Kier alpha value is -3.67. The highest BCUT2D eigenvalue weighted by molar-refractivity contribution is 5.89. The average Bonchev–Trinajstić information content (AvgIpc) is 2.80. The van der Waals surface area contributed by atoms with Gasteiger partial charge in [0.25, 0.3) is 11.8 Å². The highest BCUT2D eigenvalue weighted by Gasteiger charge is 2.24. The van der Waals surface area contributed by atoms with Gasteiger partial charge >= 0.3 is 0 Å². The number of carbonyl (C=O) groups is 2. The molecule has 0 aliphatic carbocycles. The molecule has 3 aromatic carbocycles. The van der Waals surface area contributed by atoms with Gasteiger partial charge in [-0.25, -0.2) is 5.43 Å². The first-order valence-corrected chi connectivity index (χ1v) is 11.5. The van der Waals surface area contributed by atoms with Gasteiger partial charge in [-0.1, -0.05) is 89.2 Å². The van der Waals surface area contributed by atoms with Gasteiger partial charge < -0.3 is 10.1 Å². The summed E-state index contributed by atoms with van der Waals surface area (Å²) in [6.45, 7) is 10.0. The van der Waals surface area contributed by atoms with E-state index in [-0.39, 0.29) is 29.8 Å². The van der Waals surface area contributed by atoms with Crippen molar-refractivity contribution in [3.05, 3.63) is 77.9 Å². The molecule has 2 amide bonds. The first kappa shape index (κ1) is 25.0. The molecular formula is C28H33N3O3. The number of hydrogen-bond acceptors (Lipinski definition) is 4. The summed E-state index contributed by atoms with van der Waals surface area (Å²) in [7, 11) is 0. The lowest BCUT2D eigenvalue weighted by atomic mass is 9.87. The fourth-order valence-corrected chi connectivity index (χ4v) is 3.47. The first-order chi connectivity index (χ1) is 16.1. The van der Waals surface area contributed by atoms with E-state index >= 15 is 0 Å². The van der Waals surface area contributed by atoms with Gasteiger partial charge in [-0.05, 0) is 45.4 Å². The van der Waals surface area contributed by atoms with Crippen molar-refractivity contribution in [2.24, 2.45) is 11.0 Å². The smallest absolute Gasteiger partial charge is 0.262 e. The van der Waals surface area contributed by atoms with E-state index in [0.717, 1.165) is 16.3 Å². The molecule has 0 spiro atoms. The van der Waals surface area contributed by atoms with Crippen molar-refractivity contribution in [2.75, 3.05) is 6.61 Å². The van der Waals surface area contributed by atoms with Gasteiger partial charge in [0.05, 0.1) is 6.21 Å². The van der Waals surface area contributed by atoms with Crippen molar-refractivity contribution in [3.63, 3.8) is 0 Å². The van der Waals surface area contributed by atoms with Crippen LogP contribution in [0.4, 0.5) is 0 Å². The SMILES string of the molecule is CC(C)[C@H](NC(=O)COc1ccc2ccccc2c1)C(=O)NN=Cc1ccc(C(C)(C)C)cc1. The van der Waals surface area contributed by atoms with Gasteiger partial charge in [0.1, 0.15) is 11.8 Å². The Morgan fingerprint density at radius 3 is 2.29 bits per heavy atom. The summed E-state index contributed by atoms with van der Waals surface area (Å²) in [6, 6.07) is 20.9. The van der Waals surface area contributed by atoms with Crippen LogP contribution in [0.2, 0.25) is 0 Å². The number of carbonyl (C=O) groups excluding carboxylic acids is 2. The highest BCUT2D eigenvalue weighted by atomic mass is 16.5. The van der Waals surface area contributed by atoms with Crippen molar-refractivity contribution in [2.45, 2.75) is 46.1 Å². The normalized spacial score (nSPS) is 12.6. The van der Waals surface area contributed by atoms with Crippen LogP contribution in [-0.2, 0) is 15.0 Å². The minimum Gasteiger partial charge on any atom is -0.484 e. The molecule has 6 heteroatoms. The predicted octanol–water partition coefficient (Wildman–Crippen LogP) is 4.81. The van der Waals surface area contributed by atoms with Crippen LogP contribution in [0.1, 0.15) is 45.7 Å². The molecule has 0 unspecified atom stereocenters. The number of hydrazone groups is 1. The molecule has 6 nitrogen and oxygen atoms in total. The van der Waals surface area contributed by atoms with E-state index < -0.39 is 6.04 Å². The largest absolute Gasteiger partial charge is 0.484 e. The third kappa shape index (κ3) is 6.91. The minimum atomic E-state index is -0.729. The Balaban J connectivity index is 1.53. The zero-order valence-corrected chi connectivity index (χ0v) is 20.5. The second-order valence-corrected chi connectivity index (χ2v) is 9.69.